The molecule has 60 valence electrons. The molecule has 0 bridgehead atoms. The molecule has 0 spiro atoms. The molecule has 0 atom stereocenters. The summed E-state index contributed by atoms with van der Waals surface area (Å²) < 4.78 is 0.864. The fourth-order valence-electron chi connectivity index (χ4n) is 0.812. The van der Waals surface area contributed by atoms with Crippen LogP contribution in [0.25, 0.3) is 0 Å². The predicted octanol–water partition coefficient (Wildman–Crippen LogP) is 4.32. The SMILES string of the molecule is CCc1cc(Cl)c(Cl)c(Br)c1. The zero-order valence-electron chi connectivity index (χ0n) is 6.00. The van der Waals surface area contributed by atoms with Gasteiger partial charge < -0.3 is 0 Å². The van der Waals surface area contributed by atoms with E-state index < -0.39 is 0 Å². The normalized spacial score (nSPS) is 10.2. The standard InChI is InChI=1S/C8H7BrCl2/c1-2-5-3-6(9)8(11)7(10)4-5/h3-4H,2H2,1H3. The van der Waals surface area contributed by atoms with Crippen molar-refractivity contribution in [2.45, 2.75) is 13.3 Å². The molecule has 11 heavy (non-hydrogen) atoms. The molecule has 0 N–H and O–H groups in total. The zero-order valence-corrected chi connectivity index (χ0v) is 9.09. The highest BCUT2D eigenvalue weighted by Crippen LogP contribution is 2.31. The molecule has 0 heterocycles. The van der Waals surface area contributed by atoms with Crippen molar-refractivity contribution in [3.05, 3.63) is 32.2 Å². The topological polar surface area (TPSA) is 0 Å². The minimum absolute atomic E-state index is 0.587. The summed E-state index contributed by atoms with van der Waals surface area (Å²) >= 11 is 15.0. The number of hydrogen-bond acceptors (Lipinski definition) is 0. The lowest BCUT2D eigenvalue weighted by Crippen LogP contribution is -1.81. The van der Waals surface area contributed by atoms with Crippen LogP contribution in [0.15, 0.2) is 16.6 Å². The van der Waals surface area contributed by atoms with Crippen molar-refractivity contribution in [2.24, 2.45) is 0 Å². The second kappa shape index (κ2) is 3.79. The van der Waals surface area contributed by atoms with Crippen molar-refractivity contribution in [2.75, 3.05) is 0 Å². The lowest BCUT2D eigenvalue weighted by molar-refractivity contribution is 1.14. The monoisotopic (exact) mass is 252 g/mol. The lowest BCUT2D eigenvalue weighted by atomic mass is 10.2. The first kappa shape index (κ1) is 9.37. The summed E-state index contributed by atoms with van der Waals surface area (Å²) in [5.74, 6) is 0. The molecular formula is C8H7BrCl2. The van der Waals surface area contributed by atoms with Crippen LogP contribution in [0.4, 0.5) is 0 Å². The van der Waals surface area contributed by atoms with Crippen LogP contribution in [0.3, 0.4) is 0 Å². The molecule has 3 heteroatoms. The second-order valence-corrected chi connectivity index (χ2v) is 3.87. The minimum atomic E-state index is 0.587. The summed E-state index contributed by atoms with van der Waals surface area (Å²) in [5, 5.41) is 1.20. The van der Waals surface area contributed by atoms with Gasteiger partial charge in [-0.1, -0.05) is 30.1 Å². The smallest absolute Gasteiger partial charge is 0.0734 e. The fourth-order valence-corrected chi connectivity index (χ4v) is 1.78. The molecule has 0 nitrogen and oxygen atoms in total. The van der Waals surface area contributed by atoms with E-state index in [1.165, 1.54) is 5.56 Å². The van der Waals surface area contributed by atoms with Crippen LogP contribution in [0.1, 0.15) is 12.5 Å². The molecule has 0 fully saturated rings. The third-order valence-corrected chi connectivity index (χ3v) is 3.11. The Labute approximate surface area is 84.6 Å². The Morgan fingerprint density at radius 2 is 2.00 bits per heavy atom. The first-order valence-electron chi connectivity index (χ1n) is 3.28. The first-order valence-corrected chi connectivity index (χ1v) is 4.83. The van der Waals surface area contributed by atoms with E-state index in [0.29, 0.717) is 10.0 Å². The summed E-state index contributed by atoms with van der Waals surface area (Å²) in [5.41, 5.74) is 1.19. The van der Waals surface area contributed by atoms with Crippen LogP contribution in [0, 0.1) is 0 Å². The van der Waals surface area contributed by atoms with Crippen LogP contribution < -0.4 is 0 Å². The third-order valence-electron chi connectivity index (χ3n) is 1.45. The summed E-state index contributed by atoms with van der Waals surface area (Å²) in [6.45, 7) is 2.08. The maximum atomic E-state index is 5.84. The van der Waals surface area contributed by atoms with E-state index in [-0.39, 0.29) is 0 Å². The van der Waals surface area contributed by atoms with Gasteiger partial charge in [0.15, 0.2) is 0 Å². The highest BCUT2D eigenvalue weighted by atomic mass is 79.9. The van der Waals surface area contributed by atoms with E-state index in [1.54, 1.807) is 0 Å². The fraction of sp³-hybridized carbons (Fsp3) is 0.250. The van der Waals surface area contributed by atoms with Crippen molar-refractivity contribution in [3.8, 4) is 0 Å². The molecule has 0 aliphatic heterocycles. The van der Waals surface area contributed by atoms with Gasteiger partial charge in [0, 0.05) is 4.47 Å². The van der Waals surface area contributed by atoms with E-state index >= 15 is 0 Å². The molecule has 1 aromatic carbocycles. The van der Waals surface area contributed by atoms with E-state index in [0.717, 1.165) is 10.9 Å². The molecule has 0 amide bonds. The molecule has 1 rings (SSSR count). The van der Waals surface area contributed by atoms with E-state index in [4.69, 9.17) is 23.2 Å². The van der Waals surface area contributed by atoms with Gasteiger partial charge >= 0.3 is 0 Å². The minimum Gasteiger partial charge on any atom is -0.0827 e. The Kier molecular flexibility index (Phi) is 3.23. The van der Waals surface area contributed by atoms with Crippen molar-refractivity contribution in [1.29, 1.82) is 0 Å². The molecule has 0 aliphatic rings. The van der Waals surface area contributed by atoms with Gasteiger partial charge in [0.25, 0.3) is 0 Å². The Hall–Kier alpha value is 0.280. The number of halogens is 3. The van der Waals surface area contributed by atoms with Gasteiger partial charge in [-0.25, -0.2) is 0 Å². The number of hydrogen-bond donors (Lipinski definition) is 0. The molecular weight excluding hydrogens is 247 g/mol. The molecule has 0 saturated heterocycles. The van der Waals surface area contributed by atoms with Gasteiger partial charge in [-0.2, -0.15) is 0 Å². The molecule has 0 saturated carbocycles. The Morgan fingerprint density at radius 3 is 2.45 bits per heavy atom. The van der Waals surface area contributed by atoms with Gasteiger partial charge in [0.1, 0.15) is 0 Å². The number of aryl methyl sites for hydroxylation is 1. The maximum Gasteiger partial charge on any atom is 0.0734 e. The van der Waals surface area contributed by atoms with Gasteiger partial charge in [0.05, 0.1) is 10.0 Å². The second-order valence-electron chi connectivity index (χ2n) is 2.23. The average Bonchev–Trinajstić information content (AvgIpc) is 1.99. The molecule has 0 aliphatic carbocycles. The van der Waals surface area contributed by atoms with E-state index in [9.17, 15) is 0 Å². The van der Waals surface area contributed by atoms with Gasteiger partial charge in [-0.15, -0.1) is 0 Å². The van der Waals surface area contributed by atoms with Gasteiger partial charge in [-0.05, 0) is 40.0 Å². The van der Waals surface area contributed by atoms with Crippen LogP contribution in [-0.2, 0) is 6.42 Å². The molecule has 1 aromatic rings. The number of rotatable bonds is 1. The van der Waals surface area contributed by atoms with Crippen molar-refractivity contribution < 1.29 is 0 Å². The van der Waals surface area contributed by atoms with E-state index in [1.807, 2.05) is 12.1 Å². The first-order chi connectivity index (χ1) is 5.15. The molecule has 0 radical (unpaired) electrons. The summed E-state index contributed by atoms with van der Waals surface area (Å²) in [6.07, 6.45) is 0.968. The summed E-state index contributed by atoms with van der Waals surface area (Å²) in [4.78, 5) is 0. The number of benzene rings is 1. The van der Waals surface area contributed by atoms with Gasteiger partial charge in [-0.3, -0.25) is 0 Å². The van der Waals surface area contributed by atoms with Crippen LogP contribution in [0.5, 0.6) is 0 Å². The molecule has 0 aromatic heterocycles. The van der Waals surface area contributed by atoms with Crippen molar-refractivity contribution in [3.63, 3.8) is 0 Å². The highest BCUT2D eigenvalue weighted by Gasteiger charge is 2.03. The summed E-state index contributed by atoms with van der Waals surface area (Å²) in [6, 6.07) is 3.86. The van der Waals surface area contributed by atoms with E-state index in [2.05, 4.69) is 22.9 Å². The third kappa shape index (κ3) is 2.11. The van der Waals surface area contributed by atoms with Crippen molar-refractivity contribution >= 4 is 39.1 Å². The van der Waals surface area contributed by atoms with Crippen LogP contribution >= 0.6 is 39.1 Å². The Morgan fingerprint density at radius 1 is 1.36 bits per heavy atom. The van der Waals surface area contributed by atoms with Gasteiger partial charge in [0.2, 0.25) is 0 Å². The predicted molar refractivity (Wildman–Crippen MR) is 53.5 cm³/mol. The van der Waals surface area contributed by atoms with Crippen molar-refractivity contribution in [1.82, 2.24) is 0 Å². The van der Waals surface area contributed by atoms with Crippen LogP contribution in [-0.4, -0.2) is 0 Å². The quantitative estimate of drug-likeness (QED) is 0.654. The maximum absolute atomic E-state index is 5.84. The molecule has 0 unspecified atom stereocenters. The Bertz CT molecular complexity index is 248. The van der Waals surface area contributed by atoms with Crippen LogP contribution in [0.2, 0.25) is 10.0 Å². The Balaban J connectivity index is 3.21. The zero-order chi connectivity index (χ0) is 8.43. The summed E-state index contributed by atoms with van der Waals surface area (Å²) in [7, 11) is 0. The highest BCUT2D eigenvalue weighted by molar-refractivity contribution is 9.10. The average molecular weight is 254 g/mol. The largest absolute Gasteiger partial charge is 0.0827 e. The lowest BCUT2D eigenvalue weighted by Gasteiger charge is -2.02.